The summed E-state index contributed by atoms with van der Waals surface area (Å²) in [6.07, 6.45) is 0. The first-order valence-corrected chi connectivity index (χ1v) is 6.57. The number of ether oxygens (including phenoxy) is 3. The van der Waals surface area contributed by atoms with Crippen molar-refractivity contribution in [1.82, 2.24) is 0 Å². The molecule has 0 bridgehead atoms. The van der Waals surface area contributed by atoms with Gasteiger partial charge in [-0.2, -0.15) is 0 Å². The first-order chi connectivity index (χ1) is 10.6. The van der Waals surface area contributed by atoms with Gasteiger partial charge in [-0.15, -0.1) is 0 Å². The molecule has 0 heterocycles. The number of hydrogen-bond donors (Lipinski definition) is 1. The summed E-state index contributed by atoms with van der Waals surface area (Å²) < 4.78 is 42.4. The number of halogens is 2. The third-order valence-electron chi connectivity index (χ3n) is 3.19. The summed E-state index contributed by atoms with van der Waals surface area (Å²) in [6, 6.07) is 6.89. The van der Waals surface area contributed by atoms with Crippen LogP contribution in [0, 0.1) is 11.6 Å². The number of rotatable bonds is 6. The van der Waals surface area contributed by atoms with E-state index in [1.165, 1.54) is 33.5 Å². The van der Waals surface area contributed by atoms with Gasteiger partial charge in [-0.3, -0.25) is 0 Å². The number of anilines is 1. The van der Waals surface area contributed by atoms with E-state index < -0.39 is 11.6 Å². The van der Waals surface area contributed by atoms with Gasteiger partial charge in [0.05, 0.1) is 27.0 Å². The van der Waals surface area contributed by atoms with Gasteiger partial charge in [0.1, 0.15) is 11.6 Å². The summed E-state index contributed by atoms with van der Waals surface area (Å²) in [6.45, 7) is 0.284. The van der Waals surface area contributed by atoms with Gasteiger partial charge < -0.3 is 19.5 Å². The topological polar surface area (TPSA) is 39.7 Å². The van der Waals surface area contributed by atoms with Crippen LogP contribution in [0.25, 0.3) is 0 Å². The smallest absolute Gasteiger partial charge is 0.203 e. The monoisotopic (exact) mass is 309 g/mol. The van der Waals surface area contributed by atoms with Crippen molar-refractivity contribution in [1.29, 1.82) is 0 Å². The number of hydrogen-bond acceptors (Lipinski definition) is 4. The maximum absolute atomic E-state index is 13.6. The molecule has 0 amide bonds. The normalized spacial score (nSPS) is 10.2. The number of methoxy groups -OCH3 is 3. The number of nitrogens with one attached hydrogen (secondary N) is 1. The van der Waals surface area contributed by atoms with Crippen molar-refractivity contribution in [2.75, 3.05) is 26.6 Å². The zero-order chi connectivity index (χ0) is 16.1. The van der Waals surface area contributed by atoms with Crippen molar-refractivity contribution in [2.45, 2.75) is 6.54 Å². The molecule has 0 aliphatic heterocycles. The standard InChI is InChI=1S/C16H17F2NO3/c1-20-14-7-4-10(15(21-2)16(14)22-3)9-19-13-6-5-11(17)8-12(13)18/h4-8,19H,9H2,1-3H3. The van der Waals surface area contributed by atoms with Crippen LogP contribution in [0.5, 0.6) is 17.2 Å². The third kappa shape index (κ3) is 3.21. The molecule has 4 nitrogen and oxygen atoms in total. The lowest BCUT2D eigenvalue weighted by Gasteiger charge is -2.16. The molecule has 0 unspecified atom stereocenters. The van der Waals surface area contributed by atoms with Crippen LogP contribution >= 0.6 is 0 Å². The maximum Gasteiger partial charge on any atom is 0.203 e. The Bertz CT molecular complexity index is 662. The molecule has 22 heavy (non-hydrogen) atoms. The highest BCUT2D eigenvalue weighted by Gasteiger charge is 2.16. The molecule has 0 radical (unpaired) electrons. The molecule has 0 fully saturated rings. The molecule has 0 atom stereocenters. The average molecular weight is 309 g/mol. The second kappa shape index (κ2) is 6.98. The van der Waals surface area contributed by atoms with Crippen LogP contribution in [0.3, 0.4) is 0 Å². The van der Waals surface area contributed by atoms with Gasteiger partial charge >= 0.3 is 0 Å². The molecule has 118 valence electrons. The Morgan fingerprint density at radius 2 is 1.64 bits per heavy atom. The lowest BCUT2D eigenvalue weighted by Crippen LogP contribution is -2.05. The molecule has 0 aromatic heterocycles. The van der Waals surface area contributed by atoms with Crippen LogP contribution in [0.1, 0.15) is 5.56 Å². The van der Waals surface area contributed by atoms with Gasteiger partial charge in [0.25, 0.3) is 0 Å². The SMILES string of the molecule is COc1ccc(CNc2ccc(F)cc2F)c(OC)c1OC. The van der Waals surface area contributed by atoms with Gasteiger partial charge in [-0.25, -0.2) is 8.78 Å². The zero-order valence-corrected chi connectivity index (χ0v) is 12.6. The molecule has 1 N–H and O–H groups in total. The Morgan fingerprint density at radius 3 is 2.23 bits per heavy atom. The molecular formula is C16H17F2NO3. The summed E-state index contributed by atoms with van der Waals surface area (Å²) in [5.41, 5.74) is 0.960. The third-order valence-corrected chi connectivity index (χ3v) is 3.19. The summed E-state index contributed by atoms with van der Waals surface area (Å²) >= 11 is 0. The second-order valence-corrected chi connectivity index (χ2v) is 4.47. The van der Waals surface area contributed by atoms with E-state index in [1.54, 1.807) is 12.1 Å². The molecule has 0 aliphatic carbocycles. The molecular weight excluding hydrogens is 292 g/mol. The van der Waals surface area contributed by atoms with Crippen LogP contribution < -0.4 is 19.5 Å². The number of benzene rings is 2. The van der Waals surface area contributed by atoms with Crippen LogP contribution in [-0.2, 0) is 6.54 Å². The summed E-state index contributed by atoms with van der Waals surface area (Å²) in [4.78, 5) is 0. The molecule has 2 aromatic carbocycles. The van der Waals surface area contributed by atoms with E-state index in [0.717, 1.165) is 11.6 Å². The van der Waals surface area contributed by atoms with E-state index in [2.05, 4.69) is 5.32 Å². The van der Waals surface area contributed by atoms with Crippen molar-refractivity contribution in [3.63, 3.8) is 0 Å². The minimum Gasteiger partial charge on any atom is -0.493 e. The summed E-state index contributed by atoms with van der Waals surface area (Å²) in [5.74, 6) is 0.225. The highest BCUT2D eigenvalue weighted by molar-refractivity contribution is 5.57. The predicted molar refractivity (Wildman–Crippen MR) is 79.8 cm³/mol. The second-order valence-electron chi connectivity index (χ2n) is 4.47. The fourth-order valence-electron chi connectivity index (χ4n) is 2.13. The minimum atomic E-state index is -0.653. The van der Waals surface area contributed by atoms with E-state index >= 15 is 0 Å². The largest absolute Gasteiger partial charge is 0.493 e. The first-order valence-electron chi connectivity index (χ1n) is 6.57. The molecule has 2 aromatic rings. The zero-order valence-electron chi connectivity index (χ0n) is 12.6. The van der Waals surface area contributed by atoms with Crippen LogP contribution in [0.2, 0.25) is 0 Å². The Morgan fingerprint density at radius 1 is 0.909 bits per heavy atom. The van der Waals surface area contributed by atoms with Crippen LogP contribution in [0.4, 0.5) is 14.5 Å². The Kier molecular flexibility index (Phi) is 5.04. The van der Waals surface area contributed by atoms with Crippen LogP contribution in [0.15, 0.2) is 30.3 Å². The van der Waals surface area contributed by atoms with Gasteiger partial charge in [-0.05, 0) is 24.3 Å². The fourth-order valence-corrected chi connectivity index (χ4v) is 2.13. The van der Waals surface area contributed by atoms with Crippen molar-refractivity contribution in [3.05, 3.63) is 47.5 Å². The lowest BCUT2D eigenvalue weighted by atomic mass is 10.1. The lowest BCUT2D eigenvalue weighted by molar-refractivity contribution is 0.322. The van der Waals surface area contributed by atoms with Crippen molar-refractivity contribution in [2.24, 2.45) is 0 Å². The maximum atomic E-state index is 13.6. The molecule has 0 saturated heterocycles. The molecule has 6 heteroatoms. The molecule has 0 spiro atoms. The summed E-state index contributed by atoms with van der Waals surface area (Å²) in [5, 5.41) is 2.90. The highest BCUT2D eigenvalue weighted by atomic mass is 19.1. The Balaban J connectivity index is 2.26. The van der Waals surface area contributed by atoms with Crippen molar-refractivity contribution in [3.8, 4) is 17.2 Å². The van der Waals surface area contributed by atoms with Crippen molar-refractivity contribution < 1.29 is 23.0 Å². The highest BCUT2D eigenvalue weighted by Crippen LogP contribution is 2.39. The molecule has 0 aliphatic rings. The van der Waals surface area contributed by atoms with E-state index in [4.69, 9.17) is 14.2 Å². The molecule has 0 saturated carbocycles. The first kappa shape index (κ1) is 15.9. The van der Waals surface area contributed by atoms with Gasteiger partial charge in [0, 0.05) is 18.2 Å². The van der Waals surface area contributed by atoms with Gasteiger partial charge in [0.15, 0.2) is 11.5 Å². The minimum absolute atomic E-state index is 0.207. The van der Waals surface area contributed by atoms with E-state index in [1.807, 2.05) is 0 Å². The Labute approximate surface area is 127 Å². The van der Waals surface area contributed by atoms with Crippen molar-refractivity contribution >= 4 is 5.69 Å². The summed E-state index contributed by atoms with van der Waals surface area (Å²) in [7, 11) is 4.56. The van der Waals surface area contributed by atoms with Gasteiger partial charge in [-0.1, -0.05) is 0 Å². The quantitative estimate of drug-likeness (QED) is 0.885. The fraction of sp³-hybridized carbons (Fsp3) is 0.250. The van der Waals surface area contributed by atoms with Gasteiger partial charge in [0.2, 0.25) is 5.75 Å². The van der Waals surface area contributed by atoms with E-state index in [0.29, 0.717) is 17.2 Å². The predicted octanol–water partition coefficient (Wildman–Crippen LogP) is 3.60. The van der Waals surface area contributed by atoms with E-state index in [-0.39, 0.29) is 12.2 Å². The van der Waals surface area contributed by atoms with Crippen LogP contribution in [-0.4, -0.2) is 21.3 Å². The average Bonchev–Trinajstić information content (AvgIpc) is 2.52. The van der Waals surface area contributed by atoms with E-state index in [9.17, 15) is 8.78 Å². The Hall–Kier alpha value is -2.50. The molecule has 2 rings (SSSR count).